The van der Waals surface area contributed by atoms with E-state index in [-0.39, 0.29) is 36.7 Å². The van der Waals surface area contributed by atoms with Gasteiger partial charge in [-0.2, -0.15) is 0 Å². The molecule has 2 aromatic carbocycles. The van der Waals surface area contributed by atoms with Gasteiger partial charge in [0, 0.05) is 6.54 Å². The highest BCUT2D eigenvalue weighted by Gasteiger charge is 2.10. The molecular weight excluding hydrogens is 328 g/mol. The third-order valence-electron chi connectivity index (χ3n) is 3.52. The van der Waals surface area contributed by atoms with Gasteiger partial charge >= 0.3 is 6.03 Å². The number of hydrogen-bond acceptors (Lipinski definition) is 2. The van der Waals surface area contributed by atoms with Crippen LogP contribution in [0.3, 0.4) is 0 Å². The fourth-order valence-corrected chi connectivity index (χ4v) is 2.13. The number of nitrogens with one attached hydrogen (secondary N) is 3. The minimum atomic E-state index is -0.506. The topological polar surface area (TPSA) is 70.2 Å². The molecule has 0 spiro atoms. The highest BCUT2D eigenvalue weighted by molar-refractivity contribution is 5.84. The lowest BCUT2D eigenvalue weighted by Gasteiger charge is -2.15. The third kappa shape index (κ3) is 6.21. The molecule has 0 aliphatic heterocycles. The lowest BCUT2D eigenvalue weighted by atomic mass is 10.1. The van der Waals surface area contributed by atoms with Crippen molar-refractivity contribution < 1.29 is 18.4 Å². The largest absolute Gasteiger partial charge is 0.348 e. The lowest BCUT2D eigenvalue weighted by molar-refractivity contribution is -0.120. The first-order valence-corrected chi connectivity index (χ1v) is 7.75. The Morgan fingerprint density at radius 1 is 0.920 bits per heavy atom. The van der Waals surface area contributed by atoms with E-state index in [1.165, 1.54) is 24.3 Å². The van der Waals surface area contributed by atoms with Crippen LogP contribution in [-0.2, 0) is 11.3 Å². The molecule has 0 aliphatic carbocycles. The highest BCUT2D eigenvalue weighted by atomic mass is 19.1. The lowest BCUT2D eigenvalue weighted by Crippen LogP contribution is -2.42. The van der Waals surface area contributed by atoms with E-state index in [0.717, 1.165) is 11.1 Å². The summed E-state index contributed by atoms with van der Waals surface area (Å²) in [6, 6.07) is 10.7. The number of amides is 3. The van der Waals surface area contributed by atoms with Gasteiger partial charge in [-0.15, -0.1) is 0 Å². The van der Waals surface area contributed by atoms with Gasteiger partial charge in [-0.3, -0.25) is 4.79 Å². The third-order valence-corrected chi connectivity index (χ3v) is 3.52. The van der Waals surface area contributed by atoms with Crippen LogP contribution >= 0.6 is 0 Å². The summed E-state index contributed by atoms with van der Waals surface area (Å²) in [7, 11) is 0. The second-order valence-corrected chi connectivity index (χ2v) is 5.50. The summed E-state index contributed by atoms with van der Waals surface area (Å²) in [6.07, 6.45) is 0. The van der Waals surface area contributed by atoms with Crippen LogP contribution in [0.25, 0.3) is 0 Å². The number of benzene rings is 2. The summed E-state index contributed by atoms with van der Waals surface area (Å²) in [6.45, 7) is 1.79. The van der Waals surface area contributed by atoms with Crippen LogP contribution in [0.2, 0.25) is 0 Å². The monoisotopic (exact) mass is 347 g/mol. The van der Waals surface area contributed by atoms with Gasteiger partial charge in [0.25, 0.3) is 0 Å². The summed E-state index contributed by atoms with van der Waals surface area (Å²) in [5, 5.41) is 7.71. The minimum Gasteiger partial charge on any atom is -0.348 e. The van der Waals surface area contributed by atoms with Crippen LogP contribution < -0.4 is 16.0 Å². The molecule has 0 bridgehead atoms. The Kier molecular flexibility index (Phi) is 6.45. The van der Waals surface area contributed by atoms with E-state index < -0.39 is 6.03 Å². The summed E-state index contributed by atoms with van der Waals surface area (Å²) >= 11 is 0. The van der Waals surface area contributed by atoms with E-state index in [1.54, 1.807) is 31.2 Å². The Balaban J connectivity index is 1.70. The molecule has 5 nitrogen and oxygen atoms in total. The van der Waals surface area contributed by atoms with Crippen LogP contribution in [0.1, 0.15) is 24.1 Å². The molecule has 3 amide bonds. The Hall–Kier alpha value is -2.96. The van der Waals surface area contributed by atoms with Crippen LogP contribution in [0.5, 0.6) is 0 Å². The van der Waals surface area contributed by atoms with Crippen molar-refractivity contribution in [2.24, 2.45) is 0 Å². The standard InChI is InChI=1S/C18H19F2N3O2/c1-12(14-4-8-16(20)9-5-14)23-17(24)11-22-18(25)21-10-13-2-6-15(19)7-3-13/h2-9,12H,10-11H2,1H3,(H,23,24)(H2,21,22,25). The molecule has 0 fully saturated rings. The van der Waals surface area contributed by atoms with E-state index in [4.69, 9.17) is 0 Å². The summed E-state index contributed by atoms with van der Waals surface area (Å²) in [4.78, 5) is 23.5. The molecule has 0 saturated heterocycles. The number of carbonyl (C=O) groups is 2. The maximum absolute atomic E-state index is 12.9. The van der Waals surface area contributed by atoms with Crippen molar-refractivity contribution >= 4 is 11.9 Å². The van der Waals surface area contributed by atoms with Gasteiger partial charge in [0.2, 0.25) is 5.91 Å². The van der Waals surface area contributed by atoms with Gasteiger partial charge < -0.3 is 16.0 Å². The van der Waals surface area contributed by atoms with E-state index >= 15 is 0 Å². The molecule has 0 heterocycles. The molecular formula is C18H19F2N3O2. The molecule has 2 aromatic rings. The predicted octanol–water partition coefficient (Wildman–Crippen LogP) is 2.64. The van der Waals surface area contributed by atoms with Crippen molar-refractivity contribution in [1.82, 2.24) is 16.0 Å². The second-order valence-electron chi connectivity index (χ2n) is 5.50. The smallest absolute Gasteiger partial charge is 0.315 e. The maximum atomic E-state index is 12.9. The number of carbonyl (C=O) groups excluding carboxylic acids is 2. The molecule has 7 heteroatoms. The Labute approximate surface area is 144 Å². The minimum absolute atomic E-state index is 0.194. The van der Waals surface area contributed by atoms with Crippen LogP contribution in [-0.4, -0.2) is 18.5 Å². The van der Waals surface area contributed by atoms with Crippen molar-refractivity contribution in [2.45, 2.75) is 19.5 Å². The van der Waals surface area contributed by atoms with Crippen LogP contribution in [0, 0.1) is 11.6 Å². The SMILES string of the molecule is CC(NC(=O)CNC(=O)NCc1ccc(F)cc1)c1ccc(F)cc1. The zero-order chi connectivity index (χ0) is 18.2. The van der Waals surface area contributed by atoms with E-state index in [2.05, 4.69) is 16.0 Å². The molecule has 0 saturated carbocycles. The Morgan fingerprint density at radius 3 is 2.08 bits per heavy atom. The first kappa shape index (κ1) is 18.4. The highest BCUT2D eigenvalue weighted by Crippen LogP contribution is 2.12. The van der Waals surface area contributed by atoms with Crippen molar-refractivity contribution in [2.75, 3.05) is 6.54 Å². The maximum Gasteiger partial charge on any atom is 0.315 e. The van der Waals surface area contributed by atoms with Crippen LogP contribution in [0.4, 0.5) is 13.6 Å². The molecule has 132 valence electrons. The summed E-state index contributed by atoms with van der Waals surface area (Å²) < 4.78 is 25.7. The van der Waals surface area contributed by atoms with Gasteiger partial charge in [-0.05, 0) is 42.3 Å². The predicted molar refractivity (Wildman–Crippen MR) is 89.6 cm³/mol. The number of urea groups is 1. The molecule has 0 aromatic heterocycles. The van der Waals surface area contributed by atoms with Gasteiger partial charge in [0.1, 0.15) is 11.6 Å². The molecule has 3 N–H and O–H groups in total. The first-order chi connectivity index (χ1) is 11.9. The van der Waals surface area contributed by atoms with E-state index in [9.17, 15) is 18.4 Å². The van der Waals surface area contributed by atoms with Crippen LogP contribution in [0.15, 0.2) is 48.5 Å². The van der Waals surface area contributed by atoms with Crippen molar-refractivity contribution in [3.05, 3.63) is 71.3 Å². The molecule has 25 heavy (non-hydrogen) atoms. The zero-order valence-electron chi connectivity index (χ0n) is 13.7. The summed E-state index contributed by atoms with van der Waals surface area (Å²) in [5.74, 6) is -1.06. The van der Waals surface area contributed by atoms with Gasteiger partial charge in [-0.25, -0.2) is 13.6 Å². The van der Waals surface area contributed by atoms with Crippen molar-refractivity contribution in [1.29, 1.82) is 0 Å². The average molecular weight is 347 g/mol. The Bertz CT molecular complexity index is 718. The molecule has 0 aliphatic rings. The van der Waals surface area contributed by atoms with E-state index in [0.29, 0.717) is 0 Å². The fraction of sp³-hybridized carbons (Fsp3) is 0.222. The number of halogens is 2. The molecule has 2 rings (SSSR count). The average Bonchev–Trinajstić information content (AvgIpc) is 2.60. The quantitative estimate of drug-likeness (QED) is 0.752. The van der Waals surface area contributed by atoms with Gasteiger partial charge in [0.05, 0.1) is 12.6 Å². The number of hydrogen-bond donors (Lipinski definition) is 3. The van der Waals surface area contributed by atoms with Crippen molar-refractivity contribution in [3.63, 3.8) is 0 Å². The fourth-order valence-electron chi connectivity index (χ4n) is 2.13. The normalized spacial score (nSPS) is 11.5. The summed E-state index contributed by atoms with van der Waals surface area (Å²) in [5.41, 5.74) is 1.50. The molecule has 1 atom stereocenters. The number of rotatable bonds is 6. The second kappa shape index (κ2) is 8.77. The Morgan fingerprint density at radius 2 is 1.48 bits per heavy atom. The van der Waals surface area contributed by atoms with Gasteiger partial charge in [-0.1, -0.05) is 24.3 Å². The molecule has 0 radical (unpaired) electrons. The first-order valence-electron chi connectivity index (χ1n) is 7.75. The van der Waals surface area contributed by atoms with Gasteiger partial charge in [0.15, 0.2) is 0 Å². The van der Waals surface area contributed by atoms with E-state index in [1.807, 2.05) is 0 Å². The zero-order valence-corrected chi connectivity index (χ0v) is 13.7. The molecule has 1 unspecified atom stereocenters. The van der Waals surface area contributed by atoms with Crippen molar-refractivity contribution in [3.8, 4) is 0 Å².